The molecule has 2 aromatic carbocycles. The standard InChI is InChI=1S/C18H16N4O4/c1-12-6-7-17(26-2)16(8-12)20-11-13(10-19)18(23)21-14-4-3-5-15(9-14)22(24)25/h3-9,11,20H,1-2H3,(H,21,23)/b13-11-. The number of nitriles is 1. The summed E-state index contributed by atoms with van der Waals surface area (Å²) in [6.45, 7) is 1.90. The average Bonchev–Trinajstić information content (AvgIpc) is 2.62. The fourth-order valence-corrected chi connectivity index (χ4v) is 2.13. The van der Waals surface area contributed by atoms with Gasteiger partial charge in [-0.25, -0.2) is 0 Å². The molecule has 0 aliphatic rings. The highest BCUT2D eigenvalue weighted by Gasteiger charge is 2.12. The Balaban J connectivity index is 2.17. The highest BCUT2D eigenvalue weighted by Crippen LogP contribution is 2.25. The first-order chi connectivity index (χ1) is 12.4. The van der Waals surface area contributed by atoms with Crippen molar-refractivity contribution in [1.82, 2.24) is 0 Å². The van der Waals surface area contributed by atoms with E-state index in [1.165, 1.54) is 37.6 Å². The summed E-state index contributed by atoms with van der Waals surface area (Å²) in [7, 11) is 1.51. The van der Waals surface area contributed by atoms with Gasteiger partial charge in [-0.05, 0) is 30.7 Å². The molecule has 0 spiro atoms. The van der Waals surface area contributed by atoms with Crippen molar-refractivity contribution < 1.29 is 14.5 Å². The number of amides is 1. The zero-order chi connectivity index (χ0) is 19.1. The van der Waals surface area contributed by atoms with Gasteiger partial charge in [0.1, 0.15) is 17.4 Å². The number of benzene rings is 2. The summed E-state index contributed by atoms with van der Waals surface area (Å²) in [4.78, 5) is 22.4. The second-order valence-corrected chi connectivity index (χ2v) is 5.28. The highest BCUT2D eigenvalue weighted by molar-refractivity contribution is 6.06. The van der Waals surface area contributed by atoms with Crippen molar-refractivity contribution in [3.63, 3.8) is 0 Å². The second kappa shape index (κ2) is 8.30. The molecule has 26 heavy (non-hydrogen) atoms. The highest BCUT2D eigenvalue weighted by atomic mass is 16.6. The molecule has 0 heterocycles. The number of aryl methyl sites for hydroxylation is 1. The van der Waals surface area contributed by atoms with Crippen LogP contribution < -0.4 is 15.4 Å². The van der Waals surface area contributed by atoms with Crippen LogP contribution in [0.4, 0.5) is 17.1 Å². The van der Waals surface area contributed by atoms with Gasteiger partial charge in [-0.3, -0.25) is 14.9 Å². The summed E-state index contributed by atoms with van der Waals surface area (Å²) < 4.78 is 5.22. The second-order valence-electron chi connectivity index (χ2n) is 5.28. The fraction of sp³-hybridized carbons (Fsp3) is 0.111. The van der Waals surface area contributed by atoms with Crippen molar-refractivity contribution in [2.45, 2.75) is 6.92 Å². The Bertz CT molecular complexity index is 916. The summed E-state index contributed by atoms with van der Waals surface area (Å²) in [5, 5.41) is 25.3. The van der Waals surface area contributed by atoms with Gasteiger partial charge in [0.15, 0.2) is 0 Å². The molecule has 0 aromatic heterocycles. The minimum Gasteiger partial charge on any atom is -0.495 e. The molecule has 0 radical (unpaired) electrons. The Labute approximate surface area is 149 Å². The first kappa shape index (κ1) is 18.5. The summed E-state index contributed by atoms with van der Waals surface area (Å²) in [6.07, 6.45) is 1.25. The Morgan fingerprint density at radius 1 is 1.31 bits per heavy atom. The summed E-state index contributed by atoms with van der Waals surface area (Å²) >= 11 is 0. The maximum atomic E-state index is 12.2. The summed E-state index contributed by atoms with van der Waals surface area (Å²) in [6, 6.07) is 12.7. The molecule has 8 nitrogen and oxygen atoms in total. The molecule has 2 aromatic rings. The van der Waals surface area contributed by atoms with Gasteiger partial charge < -0.3 is 15.4 Å². The van der Waals surface area contributed by atoms with Gasteiger partial charge in [0.2, 0.25) is 0 Å². The molecule has 0 bridgehead atoms. The average molecular weight is 352 g/mol. The van der Waals surface area contributed by atoms with Gasteiger partial charge in [0.05, 0.1) is 17.7 Å². The van der Waals surface area contributed by atoms with Crippen LogP contribution in [0.15, 0.2) is 54.2 Å². The zero-order valence-corrected chi connectivity index (χ0v) is 14.1. The monoisotopic (exact) mass is 352 g/mol. The summed E-state index contributed by atoms with van der Waals surface area (Å²) in [5.41, 5.74) is 1.44. The quantitative estimate of drug-likeness (QED) is 0.356. The smallest absolute Gasteiger partial charge is 0.271 e. The normalized spacial score (nSPS) is 10.6. The number of nitrogens with one attached hydrogen (secondary N) is 2. The molecule has 0 saturated carbocycles. The van der Waals surface area contributed by atoms with E-state index in [1.54, 1.807) is 12.1 Å². The van der Waals surface area contributed by atoms with Crippen LogP contribution in [0.3, 0.4) is 0 Å². The lowest BCUT2D eigenvalue weighted by atomic mass is 10.2. The molecule has 0 aliphatic carbocycles. The number of hydrogen-bond donors (Lipinski definition) is 2. The number of nitro groups is 1. The Kier molecular flexibility index (Phi) is 5.90. The van der Waals surface area contributed by atoms with E-state index in [1.807, 2.05) is 19.1 Å². The number of carbonyl (C=O) groups excluding carboxylic acids is 1. The van der Waals surface area contributed by atoms with Crippen LogP contribution in [0.2, 0.25) is 0 Å². The number of nitrogens with zero attached hydrogens (tertiary/aromatic N) is 2. The SMILES string of the molecule is COc1ccc(C)cc1N/C=C(/C#N)C(=O)Nc1cccc([N+](=O)[O-])c1. The van der Waals surface area contributed by atoms with Crippen LogP contribution in [0.1, 0.15) is 5.56 Å². The van der Waals surface area contributed by atoms with Crippen LogP contribution in [-0.4, -0.2) is 17.9 Å². The minimum absolute atomic E-state index is 0.159. The van der Waals surface area contributed by atoms with E-state index in [4.69, 9.17) is 4.74 Å². The van der Waals surface area contributed by atoms with Crippen molar-refractivity contribution in [2.24, 2.45) is 0 Å². The van der Waals surface area contributed by atoms with Gasteiger partial charge in [-0.1, -0.05) is 12.1 Å². The zero-order valence-electron chi connectivity index (χ0n) is 14.1. The number of methoxy groups -OCH3 is 1. The molecule has 1 amide bonds. The van der Waals surface area contributed by atoms with Crippen molar-refractivity contribution in [3.05, 3.63) is 69.9 Å². The molecule has 0 aliphatic heterocycles. The van der Waals surface area contributed by atoms with Crippen LogP contribution in [0, 0.1) is 28.4 Å². The van der Waals surface area contributed by atoms with E-state index in [0.717, 1.165) is 5.56 Å². The van der Waals surface area contributed by atoms with Crippen molar-refractivity contribution in [2.75, 3.05) is 17.7 Å². The van der Waals surface area contributed by atoms with Gasteiger partial charge in [-0.2, -0.15) is 5.26 Å². The van der Waals surface area contributed by atoms with Crippen LogP contribution in [-0.2, 0) is 4.79 Å². The molecule has 0 unspecified atom stereocenters. The lowest BCUT2D eigenvalue weighted by Crippen LogP contribution is -2.14. The van der Waals surface area contributed by atoms with Crippen molar-refractivity contribution in [1.29, 1.82) is 5.26 Å². The Morgan fingerprint density at radius 3 is 2.73 bits per heavy atom. The van der Waals surface area contributed by atoms with Gasteiger partial charge in [0.25, 0.3) is 11.6 Å². The topological polar surface area (TPSA) is 117 Å². The van der Waals surface area contributed by atoms with Crippen LogP contribution >= 0.6 is 0 Å². The third kappa shape index (κ3) is 4.58. The number of nitro benzene ring substituents is 1. The Morgan fingerprint density at radius 2 is 2.08 bits per heavy atom. The number of carbonyl (C=O) groups is 1. The summed E-state index contributed by atoms with van der Waals surface area (Å²) in [5.74, 6) is -0.129. The molecular formula is C18H16N4O4. The largest absolute Gasteiger partial charge is 0.495 e. The van der Waals surface area contributed by atoms with E-state index in [-0.39, 0.29) is 16.9 Å². The lowest BCUT2D eigenvalue weighted by molar-refractivity contribution is -0.384. The maximum absolute atomic E-state index is 12.2. The molecule has 0 saturated heterocycles. The van der Waals surface area contributed by atoms with Gasteiger partial charge in [-0.15, -0.1) is 0 Å². The fourth-order valence-electron chi connectivity index (χ4n) is 2.13. The van der Waals surface area contributed by atoms with E-state index in [2.05, 4.69) is 10.6 Å². The third-order valence-electron chi connectivity index (χ3n) is 3.41. The number of anilines is 2. The number of ether oxygens (including phenoxy) is 1. The number of non-ortho nitro benzene ring substituents is 1. The van der Waals surface area contributed by atoms with Crippen LogP contribution in [0.25, 0.3) is 0 Å². The third-order valence-corrected chi connectivity index (χ3v) is 3.41. The molecule has 0 atom stereocenters. The lowest BCUT2D eigenvalue weighted by Gasteiger charge is -2.10. The number of rotatable bonds is 6. The molecule has 2 rings (SSSR count). The number of hydrogen-bond acceptors (Lipinski definition) is 6. The predicted molar refractivity (Wildman–Crippen MR) is 96.8 cm³/mol. The first-order valence-corrected chi connectivity index (χ1v) is 7.52. The molecule has 8 heteroatoms. The minimum atomic E-state index is -0.688. The molecule has 132 valence electrons. The first-order valence-electron chi connectivity index (χ1n) is 7.52. The molecule has 2 N–H and O–H groups in total. The van der Waals surface area contributed by atoms with Crippen molar-refractivity contribution in [3.8, 4) is 11.8 Å². The van der Waals surface area contributed by atoms with E-state index in [0.29, 0.717) is 11.4 Å². The van der Waals surface area contributed by atoms with E-state index < -0.39 is 10.8 Å². The molecule has 0 fully saturated rings. The maximum Gasteiger partial charge on any atom is 0.271 e. The van der Waals surface area contributed by atoms with Crippen LogP contribution in [0.5, 0.6) is 5.75 Å². The van der Waals surface area contributed by atoms with E-state index in [9.17, 15) is 20.2 Å². The van der Waals surface area contributed by atoms with Crippen molar-refractivity contribution >= 4 is 23.0 Å². The Hall–Kier alpha value is -3.86. The van der Waals surface area contributed by atoms with Gasteiger partial charge in [0, 0.05) is 24.0 Å². The molecular weight excluding hydrogens is 336 g/mol. The van der Waals surface area contributed by atoms with E-state index >= 15 is 0 Å². The predicted octanol–water partition coefficient (Wildman–Crippen LogP) is 3.37. The van der Waals surface area contributed by atoms with Gasteiger partial charge >= 0.3 is 0 Å².